The average molecular weight is 195 g/mol. The Balaban J connectivity index is 0. The van der Waals surface area contributed by atoms with Crippen LogP contribution in [0.1, 0.15) is 6.42 Å². The molecular weight excluding hydrogens is 185 g/mol. The van der Waals surface area contributed by atoms with Crippen LogP contribution in [0.3, 0.4) is 0 Å². The molecule has 0 rings (SSSR count). The van der Waals surface area contributed by atoms with Gasteiger partial charge in [-0.15, -0.1) is 12.4 Å². The highest BCUT2D eigenvalue weighted by atomic mass is 35.5. The minimum absolute atomic E-state index is 0. The summed E-state index contributed by atoms with van der Waals surface area (Å²) in [4.78, 5) is 0. The van der Waals surface area contributed by atoms with E-state index in [4.69, 9.17) is 5.11 Å². The van der Waals surface area contributed by atoms with Crippen molar-refractivity contribution in [3.8, 4) is 0 Å². The van der Waals surface area contributed by atoms with Gasteiger partial charge in [-0.3, -0.25) is 5.84 Å². The molecule has 0 aliphatic carbocycles. The molecular formula is C4H10ClF3N2O. The zero-order chi connectivity index (χ0) is 8.20. The summed E-state index contributed by atoms with van der Waals surface area (Å²) in [7, 11) is 0. The molecule has 0 radical (unpaired) electrons. The quantitative estimate of drug-likeness (QED) is 0.444. The molecule has 0 bridgehead atoms. The minimum Gasteiger partial charge on any atom is -0.396 e. The molecule has 0 aromatic rings. The normalized spacial score (nSPS) is 13.9. The standard InChI is InChI=1S/C4H9F3N2O.ClH/c5-4(6,7)3(9-8)1-2-10;/h3,9-10H,1-2,8H2;1H/t3-;/m0./s1. The second-order valence-electron chi connectivity index (χ2n) is 1.77. The van der Waals surface area contributed by atoms with Gasteiger partial charge in [0.2, 0.25) is 0 Å². The van der Waals surface area contributed by atoms with E-state index in [0.29, 0.717) is 0 Å². The number of halogens is 4. The molecule has 4 N–H and O–H groups in total. The van der Waals surface area contributed by atoms with E-state index >= 15 is 0 Å². The Kier molecular flexibility index (Phi) is 6.88. The number of alkyl halides is 3. The fraction of sp³-hybridized carbons (Fsp3) is 1.00. The Bertz CT molecular complexity index is 99.8. The second kappa shape index (κ2) is 5.59. The van der Waals surface area contributed by atoms with Gasteiger partial charge in [0.05, 0.1) is 0 Å². The van der Waals surface area contributed by atoms with Gasteiger partial charge in [-0.05, 0) is 6.42 Å². The number of nitrogens with one attached hydrogen (secondary N) is 1. The fourth-order valence-electron chi connectivity index (χ4n) is 0.471. The first-order valence-electron chi connectivity index (χ1n) is 2.66. The molecule has 70 valence electrons. The number of hydrazine groups is 1. The largest absolute Gasteiger partial charge is 0.405 e. The maximum Gasteiger partial charge on any atom is 0.405 e. The van der Waals surface area contributed by atoms with E-state index in [-0.39, 0.29) is 12.4 Å². The SMILES string of the molecule is Cl.NN[C@@H](CCO)C(F)(F)F. The highest BCUT2D eigenvalue weighted by Gasteiger charge is 2.38. The van der Waals surface area contributed by atoms with Crippen molar-refractivity contribution in [2.45, 2.75) is 18.6 Å². The van der Waals surface area contributed by atoms with Crippen molar-refractivity contribution >= 4 is 12.4 Å². The van der Waals surface area contributed by atoms with E-state index in [1.165, 1.54) is 0 Å². The molecule has 11 heavy (non-hydrogen) atoms. The number of aliphatic hydroxyl groups is 1. The third-order valence-corrected chi connectivity index (χ3v) is 1.01. The predicted molar refractivity (Wildman–Crippen MR) is 36.1 cm³/mol. The molecule has 0 saturated heterocycles. The molecule has 0 amide bonds. The Morgan fingerprint density at radius 3 is 2.00 bits per heavy atom. The van der Waals surface area contributed by atoms with Crippen molar-refractivity contribution in [2.75, 3.05) is 6.61 Å². The minimum atomic E-state index is -4.38. The number of hydrogen-bond donors (Lipinski definition) is 3. The summed E-state index contributed by atoms with van der Waals surface area (Å²) >= 11 is 0. The summed E-state index contributed by atoms with van der Waals surface area (Å²) in [6, 6.07) is -1.81. The lowest BCUT2D eigenvalue weighted by Gasteiger charge is -2.17. The van der Waals surface area contributed by atoms with E-state index in [0.717, 1.165) is 0 Å². The van der Waals surface area contributed by atoms with Crippen LogP contribution in [-0.4, -0.2) is 23.9 Å². The van der Waals surface area contributed by atoms with E-state index in [2.05, 4.69) is 5.84 Å². The van der Waals surface area contributed by atoms with Crippen LogP contribution in [0, 0.1) is 0 Å². The molecule has 0 unspecified atom stereocenters. The van der Waals surface area contributed by atoms with Gasteiger partial charge in [0, 0.05) is 6.61 Å². The summed E-state index contributed by atoms with van der Waals surface area (Å²) < 4.78 is 35.0. The molecule has 7 heteroatoms. The lowest BCUT2D eigenvalue weighted by molar-refractivity contribution is -0.159. The van der Waals surface area contributed by atoms with Crippen LogP contribution >= 0.6 is 12.4 Å². The monoisotopic (exact) mass is 194 g/mol. The van der Waals surface area contributed by atoms with Crippen molar-refractivity contribution in [3.63, 3.8) is 0 Å². The molecule has 0 aliphatic rings. The molecule has 0 saturated carbocycles. The van der Waals surface area contributed by atoms with Crippen molar-refractivity contribution in [2.24, 2.45) is 5.84 Å². The number of aliphatic hydroxyl groups excluding tert-OH is 1. The number of hydrogen-bond acceptors (Lipinski definition) is 3. The zero-order valence-corrected chi connectivity index (χ0v) is 6.37. The first-order chi connectivity index (χ1) is 4.52. The molecule has 1 atom stereocenters. The van der Waals surface area contributed by atoms with E-state index in [1.807, 2.05) is 0 Å². The lowest BCUT2D eigenvalue weighted by atomic mass is 10.2. The zero-order valence-electron chi connectivity index (χ0n) is 5.56. The topological polar surface area (TPSA) is 58.3 Å². The van der Waals surface area contributed by atoms with Gasteiger partial charge < -0.3 is 5.11 Å². The average Bonchev–Trinajstić information content (AvgIpc) is 1.80. The Hall–Kier alpha value is -0.0400. The van der Waals surface area contributed by atoms with Crippen molar-refractivity contribution < 1.29 is 18.3 Å². The Labute approximate surface area is 68.1 Å². The second-order valence-corrected chi connectivity index (χ2v) is 1.77. The maximum atomic E-state index is 11.7. The van der Waals surface area contributed by atoms with E-state index in [1.54, 1.807) is 5.43 Å². The highest BCUT2D eigenvalue weighted by Crippen LogP contribution is 2.21. The van der Waals surface area contributed by atoms with Crippen LogP contribution in [0.15, 0.2) is 0 Å². The van der Waals surface area contributed by atoms with Gasteiger partial charge in [-0.1, -0.05) is 0 Å². The molecule has 0 aliphatic heterocycles. The molecule has 0 fully saturated rings. The third kappa shape index (κ3) is 5.25. The molecule has 0 spiro atoms. The molecule has 0 aromatic heterocycles. The third-order valence-electron chi connectivity index (χ3n) is 1.01. The molecule has 0 heterocycles. The van der Waals surface area contributed by atoms with E-state index < -0.39 is 25.2 Å². The predicted octanol–water partition coefficient (Wildman–Crippen LogP) is 0.185. The van der Waals surface area contributed by atoms with Crippen molar-refractivity contribution in [1.82, 2.24) is 5.43 Å². The summed E-state index contributed by atoms with van der Waals surface area (Å²) in [5, 5.41) is 8.14. The fourth-order valence-corrected chi connectivity index (χ4v) is 0.471. The van der Waals surface area contributed by atoms with Gasteiger partial charge in [0.15, 0.2) is 0 Å². The smallest absolute Gasteiger partial charge is 0.396 e. The van der Waals surface area contributed by atoms with Crippen LogP contribution in [-0.2, 0) is 0 Å². The van der Waals surface area contributed by atoms with E-state index in [9.17, 15) is 13.2 Å². The van der Waals surface area contributed by atoms with Crippen LogP contribution in [0.4, 0.5) is 13.2 Å². The van der Waals surface area contributed by atoms with Gasteiger partial charge >= 0.3 is 6.18 Å². The Morgan fingerprint density at radius 1 is 1.45 bits per heavy atom. The first kappa shape index (κ1) is 13.5. The summed E-state index contributed by atoms with van der Waals surface area (Å²) in [6.45, 7) is -0.533. The summed E-state index contributed by atoms with van der Waals surface area (Å²) in [5.74, 6) is 4.56. The maximum absolute atomic E-state index is 11.7. The van der Waals surface area contributed by atoms with Crippen molar-refractivity contribution in [3.05, 3.63) is 0 Å². The van der Waals surface area contributed by atoms with Crippen LogP contribution in [0.2, 0.25) is 0 Å². The highest BCUT2D eigenvalue weighted by molar-refractivity contribution is 5.85. The van der Waals surface area contributed by atoms with Crippen LogP contribution in [0.5, 0.6) is 0 Å². The van der Waals surface area contributed by atoms with Gasteiger partial charge in [0.25, 0.3) is 0 Å². The lowest BCUT2D eigenvalue weighted by Crippen LogP contribution is -2.46. The van der Waals surface area contributed by atoms with Crippen LogP contribution in [0.25, 0.3) is 0 Å². The van der Waals surface area contributed by atoms with Crippen molar-refractivity contribution in [1.29, 1.82) is 0 Å². The molecule has 3 nitrogen and oxygen atoms in total. The number of rotatable bonds is 3. The van der Waals surface area contributed by atoms with Gasteiger partial charge in [0.1, 0.15) is 6.04 Å². The molecule has 0 aromatic carbocycles. The Morgan fingerprint density at radius 2 is 1.91 bits per heavy atom. The summed E-state index contributed by atoms with van der Waals surface area (Å²) in [6.07, 6.45) is -4.79. The number of nitrogens with two attached hydrogens (primary N) is 1. The van der Waals surface area contributed by atoms with Gasteiger partial charge in [-0.2, -0.15) is 13.2 Å². The van der Waals surface area contributed by atoms with Gasteiger partial charge in [-0.25, -0.2) is 5.43 Å². The summed E-state index contributed by atoms with van der Waals surface area (Å²) in [5.41, 5.74) is 1.56. The first-order valence-corrected chi connectivity index (χ1v) is 2.66. The van der Waals surface area contributed by atoms with Crippen LogP contribution < -0.4 is 11.3 Å².